The number of carboxylic acids is 1. The molecule has 3 aromatic rings. The molecule has 0 aliphatic heterocycles. The zero-order valence-electron chi connectivity index (χ0n) is 17.9. The van der Waals surface area contributed by atoms with Gasteiger partial charge in [0.1, 0.15) is 17.9 Å². The second kappa shape index (κ2) is 9.24. The minimum absolute atomic E-state index is 0.0931. The van der Waals surface area contributed by atoms with Crippen molar-refractivity contribution in [1.29, 1.82) is 0 Å². The van der Waals surface area contributed by atoms with E-state index in [0.717, 1.165) is 22.3 Å². The molecule has 7 heteroatoms. The summed E-state index contributed by atoms with van der Waals surface area (Å²) in [6.45, 7) is 1.28. The van der Waals surface area contributed by atoms with E-state index in [1.54, 1.807) is 0 Å². The molecule has 2 atom stereocenters. The summed E-state index contributed by atoms with van der Waals surface area (Å²) in [5.41, 5.74) is 4.14. The Morgan fingerprint density at radius 2 is 1.42 bits per heavy atom. The molecule has 0 bridgehead atoms. The number of benzene rings is 3. The summed E-state index contributed by atoms with van der Waals surface area (Å²) in [4.78, 5) is 37.3. The quantitative estimate of drug-likeness (QED) is 0.519. The molecule has 0 saturated heterocycles. The van der Waals surface area contributed by atoms with Crippen LogP contribution in [0.25, 0.3) is 11.1 Å². The van der Waals surface area contributed by atoms with E-state index < -0.39 is 41.6 Å². The minimum Gasteiger partial charge on any atom is -0.480 e. The van der Waals surface area contributed by atoms with Crippen molar-refractivity contribution in [2.75, 3.05) is 0 Å². The van der Waals surface area contributed by atoms with Crippen LogP contribution in [0, 0.1) is 5.82 Å². The van der Waals surface area contributed by atoms with Gasteiger partial charge in [-0.15, -0.1) is 0 Å². The van der Waals surface area contributed by atoms with Crippen molar-refractivity contribution in [1.82, 2.24) is 10.6 Å². The number of nitrogens with one attached hydrogen (secondary N) is 2. The van der Waals surface area contributed by atoms with Gasteiger partial charge in [0.05, 0.1) is 0 Å². The molecule has 0 fully saturated rings. The van der Waals surface area contributed by atoms with Crippen molar-refractivity contribution < 1.29 is 23.9 Å². The molecule has 3 aromatic carbocycles. The first kappa shape index (κ1) is 22.2. The van der Waals surface area contributed by atoms with Gasteiger partial charge in [0.25, 0.3) is 0 Å². The third kappa shape index (κ3) is 4.62. The first-order valence-electron chi connectivity index (χ1n) is 10.6. The van der Waals surface area contributed by atoms with Gasteiger partial charge in [-0.3, -0.25) is 9.59 Å². The minimum atomic E-state index is -1.24. The lowest BCUT2D eigenvalue weighted by atomic mass is 9.89. The fourth-order valence-corrected chi connectivity index (χ4v) is 4.41. The van der Waals surface area contributed by atoms with E-state index in [0.29, 0.717) is 5.56 Å². The van der Waals surface area contributed by atoms with Crippen molar-refractivity contribution in [2.45, 2.75) is 31.3 Å². The van der Waals surface area contributed by atoms with Crippen LogP contribution in [-0.4, -0.2) is 35.0 Å². The van der Waals surface area contributed by atoms with Crippen LogP contribution in [0.4, 0.5) is 4.39 Å². The Balaban J connectivity index is 1.64. The van der Waals surface area contributed by atoms with Crippen LogP contribution < -0.4 is 10.6 Å². The summed E-state index contributed by atoms with van der Waals surface area (Å²) >= 11 is 0. The topological polar surface area (TPSA) is 95.5 Å². The molecule has 0 saturated carbocycles. The summed E-state index contributed by atoms with van der Waals surface area (Å²) in [6, 6.07) is 18.4. The number of aliphatic carboxylic acids is 1. The van der Waals surface area contributed by atoms with Crippen LogP contribution in [0.15, 0.2) is 72.8 Å². The van der Waals surface area contributed by atoms with Crippen molar-refractivity contribution >= 4 is 17.8 Å². The number of carbonyl (C=O) groups is 3. The largest absolute Gasteiger partial charge is 0.480 e. The molecule has 2 amide bonds. The highest BCUT2D eigenvalue weighted by Gasteiger charge is 2.39. The molecular weight excluding hydrogens is 423 g/mol. The van der Waals surface area contributed by atoms with E-state index in [1.165, 1.54) is 31.2 Å². The highest BCUT2D eigenvalue weighted by molar-refractivity contribution is 5.92. The fraction of sp³-hybridized carbons (Fsp3) is 0.192. The van der Waals surface area contributed by atoms with E-state index in [9.17, 15) is 23.9 Å². The van der Waals surface area contributed by atoms with Crippen LogP contribution in [0.1, 0.15) is 29.5 Å². The van der Waals surface area contributed by atoms with Gasteiger partial charge in [-0.2, -0.15) is 0 Å². The predicted molar refractivity (Wildman–Crippen MR) is 121 cm³/mol. The summed E-state index contributed by atoms with van der Waals surface area (Å²) in [5, 5.41) is 15.3. The number of hydrogen-bond acceptors (Lipinski definition) is 3. The second-order valence-corrected chi connectivity index (χ2v) is 8.06. The van der Waals surface area contributed by atoms with E-state index in [-0.39, 0.29) is 6.42 Å². The normalized spacial score (nSPS) is 14.0. The van der Waals surface area contributed by atoms with Gasteiger partial charge >= 0.3 is 5.97 Å². The number of hydrogen-bond donors (Lipinski definition) is 3. The number of fused-ring (bicyclic) bond motifs is 3. The monoisotopic (exact) mass is 446 g/mol. The zero-order chi connectivity index (χ0) is 23.5. The van der Waals surface area contributed by atoms with E-state index in [2.05, 4.69) is 10.6 Å². The van der Waals surface area contributed by atoms with Gasteiger partial charge in [-0.1, -0.05) is 60.7 Å². The van der Waals surface area contributed by atoms with Gasteiger partial charge < -0.3 is 15.7 Å². The van der Waals surface area contributed by atoms with Gasteiger partial charge in [-0.05, 0) is 39.9 Å². The highest BCUT2D eigenvalue weighted by Crippen LogP contribution is 2.46. The Hall–Kier alpha value is -4.00. The zero-order valence-corrected chi connectivity index (χ0v) is 17.9. The number of halogens is 1. The smallest absolute Gasteiger partial charge is 0.327 e. The molecule has 0 unspecified atom stereocenters. The maximum Gasteiger partial charge on any atom is 0.327 e. The molecule has 168 valence electrons. The Morgan fingerprint density at radius 1 is 0.879 bits per heavy atom. The van der Waals surface area contributed by atoms with E-state index in [1.807, 2.05) is 48.5 Å². The van der Waals surface area contributed by atoms with Gasteiger partial charge in [-0.25, -0.2) is 9.18 Å². The second-order valence-electron chi connectivity index (χ2n) is 8.06. The maximum atomic E-state index is 13.3. The Morgan fingerprint density at radius 3 is 1.94 bits per heavy atom. The van der Waals surface area contributed by atoms with Gasteiger partial charge in [0.15, 0.2) is 0 Å². The summed E-state index contributed by atoms with van der Waals surface area (Å²) < 4.78 is 13.3. The van der Waals surface area contributed by atoms with Crippen molar-refractivity contribution in [3.63, 3.8) is 0 Å². The average Bonchev–Trinajstić information content (AvgIpc) is 3.12. The number of rotatable bonds is 7. The molecule has 0 spiro atoms. The Kier molecular flexibility index (Phi) is 6.22. The fourth-order valence-electron chi connectivity index (χ4n) is 4.41. The lowest BCUT2D eigenvalue weighted by Crippen LogP contribution is -2.53. The summed E-state index contributed by atoms with van der Waals surface area (Å²) in [7, 11) is 0. The molecular formula is C26H23FN2O4. The van der Waals surface area contributed by atoms with E-state index >= 15 is 0 Å². The first-order chi connectivity index (χ1) is 15.8. The number of carbonyl (C=O) groups excluding carboxylic acids is 2. The van der Waals surface area contributed by atoms with Crippen LogP contribution in [0.2, 0.25) is 0 Å². The van der Waals surface area contributed by atoms with Crippen LogP contribution in [0.5, 0.6) is 0 Å². The Bertz CT molecular complexity index is 1160. The molecule has 4 rings (SSSR count). The van der Waals surface area contributed by atoms with Gasteiger partial charge in [0, 0.05) is 19.3 Å². The SMILES string of the molecule is CC(=O)N[C@H](Cc1ccc(F)cc1)C(=O)N[C@H](C(=O)O)C1c2ccccc2-c2ccccc21. The first-order valence-corrected chi connectivity index (χ1v) is 10.6. The van der Waals surface area contributed by atoms with E-state index in [4.69, 9.17) is 0 Å². The summed E-state index contributed by atoms with van der Waals surface area (Å²) in [6.07, 6.45) is 0.0931. The molecule has 0 aromatic heterocycles. The molecule has 33 heavy (non-hydrogen) atoms. The molecule has 0 radical (unpaired) electrons. The lowest BCUT2D eigenvalue weighted by Gasteiger charge is -2.26. The van der Waals surface area contributed by atoms with Crippen LogP contribution >= 0.6 is 0 Å². The maximum absolute atomic E-state index is 13.3. The average molecular weight is 446 g/mol. The third-order valence-electron chi connectivity index (χ3n) is 5.83. The molecule has 3 N–H and O–H groups in total. The molecule has 0 heterocycles. The molecule has 1 aliphatic rings. The third-order valence-corrected chi connectivity index (χ3v) is 5.83. The molecule has 6 nitrogen and oxygen atoms in total. The number of amides is 2. The Labute approximate surface area is 190 Å². The van der Waals surface area contributed by atoms with Crippen LogP contribution in [-0.2, 0) is 20.8 Å². The summed E-state index contributed by atoms with van der Waals surface area (Å²) in [5.74, 6) is -3.22. The lowest BCUT2D eigenvalue weighted by molar-refractivity contribution is -0.142. The van der Waals surface area contributed by atoms with Gasteiger partial charge in [0.2, 0.25) is 11.8 Å². The standard InChI is InChI=1S/C26H23FN2O4/c1-15(30)28-22(14-16-10-12-17(27)13-11-16)25(31)29-24(26(32)33)23-20-8-4-2-6-18(20)19-7-3-5-9-21(19)23/h2-13,22-24H,14H2,1H3,(H,28,30)(H,29,31)(H,32,33)/t22-,24+/m1/s1. The van der Waals surface area contributed by atoms with Crippen molar-refractivity contribution in [3.8, 4) is 11.1 Å². The van der Waals surface area contributed by atoms with Crippen molar-refractivity contribution in [2.24, 2.45) is 0 Å². The van der Waals surface area contributed by atoms with Crippen LogP contribution in [0.3, 0.4) is 0 Å². The predicted octanol–water partition coefficient (Wildman–Crippen LogP) is 3.25. The van der Waals surface area contributed by atoms with Crippen molar-refractivity contribution in [3.05, 3.63) is 95.3 Å². The highest BCUT2D eigenvalue weighted by atomic mass is 19.1. The molecule has 1 aliphatic carbocycles. The number of carboxylic acid groups (broad SMARTS) is 1.